The van der Waals surface area contributed by atoms with Crippen LogP contribution in [0.5, 0.6) is 5.75 Å². The van der Waals surface area contributed by atoms with Gasteiger partial charge in [-0.05, 0) is 25.8 Å². The van der Waals surface area contributed by atoms with Crippen LogP contribution in [0.2, 0.25) is 0 Å². The summed E-state index contributed by atoms with van der Waals surface area (Å²) in [7, 11) is 0.236. The molecule has 3 rings (SSSR count). The van der Waals surface area contributed by atoms with Crippen LogP contribution in [0.1, 0.15) is 30.1 Å². The highest BCUT2D eigenvalue weighted by Gasteiger charge is 2.30. The van der Waals surface area contributed by atoms with Crippen LogP contribution >= 0.6 is 0 Å². The highest BCUT2D eigenvalue weighted by Crippen LogP contribution is 2.37. The maximum Gasteiger partial charge on any atom is 0.163 e. The number of phenolic OH excluding ortho intramolecular Hbond substituents is 1. The number of carbonyl (C=O) groups is 1. The first-order chi connectivity index (χ1) is 9.18. The summed E-state index contributed by atoms with van der Waals surface area (Å²) >= 11 is 0. The van der Waals surface area contributed by atoms with Crippen LogP contribution in [0.3, 0.4) is 0 Å². The molecule has 1 saturated heterocycles. The van der Waals surface area contributed by atoms with E-state index in [4.69, 9.17) is 0 Å². The molecule has 0 spiro atoms. The fourth-order valence-electron chi connectivity index (χ4n) is 2.71. The van der Waals surface area contributed by atoms with E-state index in [1.54, 1.807) is 0 Å². The second-order valence-electron chi connectivity index (χ2n) is 4.98. The van der Waals surface area contributed by atoms with Gasteiger partial charge in [0.1, 0.15) is 17.3 Å². The molecule has 0 aromatic heterocycles. The molecule has 0 unspecified atom stereocenters. The molecule has 0 radical (unpaired) electrons. The first-order valence-corrected chi connectivity index (χ1v) is 8.18. The zero-order valence-corrected chi connectivity index (χ0v) is 11.8. The lowest BCUT2D eigenvalue weighted by Gasteiger charge is -2.10. The van der Waals surface area contributed by atoms with Crippen molar-refractivity contribution in [3.8, 4) is 5.75 Å². The molecular weight excluding hydrogens is 256 g/mol. The standard InChI is InChI=1S/C16H16O2S/c1-11(17)14-10-15(19-8-4-5-9-19)12-6-2-3-7-13(12)16(14)18/h2-3,6-7,10H,4-5,8-9H2,1H3/p+1. The Bertz CT molecular complexity index is 642. The Kier molecular flexibility index (Phi) is 3.23. The second-order valence-corrected chi connectivity index (χ2v) is 7.22. The average Bonchev–Trinajstić information content (AvgIpc) is 2.93. The average molecular weight is 273 g/mol. The van der Waals surface area contributed by atoms with Crippen LogP contribution in [-0.2, 0) is 10.9 Å². The normalized spacial score (nSPS) is 16.1. The minimum absolute atomic E-state index is 0.0627. The third-order valence-electron chi connectivity index (χ3n) is 3.70. The SMILES string of the molecule is CC(=O)c1cc([S+]2CCCC2)c2ccccc2c1O. The minimum atomic E-state index is -0.0627. The van der Waals surface area contributed by atoms with E-state index in [2.05, 4.69) is 6.07 Å². The van der Waals surface area contributed by atoms with Crippen molar-refractivity contribution in [3.05, 3.63) is 35.9 Å². The third-order valence-corrected chi connectivity index (χ3v) is 6.22. The molecule has 0 aliphatic carbocycles. The Morgan fingerprint density at radius 3 is 2.42 bits per heavy atom. The number of hydrogen-bond donors (Lipinski definition) is 1. The summed E-state index contributed by atoms with van der Waals surface area (Å²) in [5, 5.41) is 12.2. The van der Waals surface area contributed by atoms with Crippen LogP contribution < -0.4 is 0 Å². The largest absolute Gasteiger partial charge is 0.507 e. The van der Waals surface area contributed by atoms with Gasteiger partial charge in [0, 0.05) is 27.7 Å². The van der Waals surface area contributed by atoms with E-state index in [-0.39, 0.29) is 22.4 Å². The maximum atomic E-state index is 11.7. The molecule has 19 heavy (non-hydrogen) atoms. The lowest BCUT2D eigenvalue weighted by atomic mass is 10.0. The van der Waals surface area contributed by atoms with E-state index in [9.17, 15) is 9.90 Å². The van der Waals surface area contributed by atoms with Crippen molar-refractivity contribution in [2.45, 2.75) is 24.7 Å². The smallest absolute Gasteiger partial charge is 0.163 e. The van der Waals surface area contributed by atoms with E-state index < -0.39 is 0 Å². The Labute approximate surface area is 115 Å². The lowest BCUT2D eigenvalue weighted by molar-refractivity contribution is 0.101. The molecule has 0 amide bonds. The van der Waals surface area contributed by atoms with Crippen molar-refractivity contribution in [2.75, 3.05) is 11.5 Å². The Balaban J connectivity index is 2.29. The Morgan fingerprint density at radius 1 is 1.16 bits per heavy atom. The monoisotopic (exact) mass is 273 g/mol. The second kappa shape index (κ2) is 4.89. The molecule has 2 nitrogen and oxygen atoms in total. The Hall–Kier alpha value is -1.48. The van der Waals surface area contributed by atoms with Crippen molar-refractivity contribution in [1.29, 1.82) is 0 Å². The predicted octanol–water partition coefficient (Wildman–Crippen LogP) is 3.52. The number of phenols is 1. The summed E-state index contributed by atoms with van der Waals surface area (Å²) in [5.74, 6) is 2.50. The van der Waals surface area contributed by atoms with Crippen molar-refractivity contribution in [1.82, 2.24) is 0 Å². The van der Waals surface area contributed by atoms with Gasteiger partial charge in [0.2, 0.25) is 0 Å². The van der Waals surface area contributed by atoms with Crippen LogP contribution in [0.15, 0.2) is 35.2 Å². The molecule has 1 N–H and O–H groups in total. The highest BCUT2D eigenvalue weighted by atomic mass is 32.2. The number of rotatable bonds is 2. The van der Waals surface area contributed by atoms with E-state index in [1.807, 2.05) is 24.3 Å². The number of fused-ring (bicyclic) bond motifs is 1. The summed E-state index contributed by atoms with van der Waals surface area (Å²) in [6.07, 6.45) is 2.54. The summed E-state index contributed by atoms with van der Waals surface area (Å²) < 4.78 is 0. The molecule has 1 aliphatic heterocycles. The quantitative estimate of drug-likeness (QED) is 0.671. The van der Waals surface area contributed by atoms with Crippen LogP contribution in [0.4, 0.5) is 0 Å². The van der Waals surface area contributed by atoms with Crippen molar-refractivity contribution in [3.63, 3.8) is 0 Å². The maximum absolute atomic E-state index is 11.7. The molecule has 0 bridgehead atoms. The molecule has 2 aromatic carbocycles. The summed E-state index contributed by atoms with van der Waals surface area (Å²) in [5.41, 5.74) is 0.466. The summed E-state index contributed by atoms with van der Waals surface area (Å²) in [4.78, 5) is 13.0. The molecule has 1 heterocycles. The number of carbonyl (C=O) groups excluding carboxylic acids is 1. The zero-order chi connectivity index (χ0) is 13.4. The number of Topliss-reactive ketones (excluding diaryl/α,β-unsaturated/α-hetero) is 1. The number of aromatic hydroxyl groups is 1. The first-order valence-electron chi connectivity index (χ1n) is 6.61. The number of benzene rings is 2. The molecular formula is C16H17O2S+. The van der Waals surface area contributed by atoms with Crippen LogP contribution in [0, 0.1) is 0 Å². The van der Waals surface area contributed by atoms with Crippen molar-refractivity contribution in [2.24, 2.45) is 0 Å². The highest BCUT2D eigenvalue weighted by molar-refractivity contribution is 7.97. The topological polar surface area (TPSA) is 37.3 Å². The van der Waals surface area contributed by atoms with Gasteiger partial charge in [-0.2, -0.15) is 0 Å². The Morgan fingerprint density at radius 2 is 1.79 bits per heavy atom. The molecule has 1 fully saturated rings. The van der Waals surface area contributed by atoms with Crippen LogP contribution in [0.25, 0.3) is 10.8 Å². The van der Waals surface area contributed by atoms with E-state index in [0.717, 1.165) is 10.8 Å². The van der Waals surface area contributed by atoms with Gasteiger partial charge in [0.15, 0.2) is 10.7 Å². The zero-order valence-electron chi connectivity index (χ0n) is 11.0. The van der Waals surface area contributed by atoms with Gasteiger partial charge in [-0.25, -0.2) is 0 Å². The van der Waals surface area contributed by atoms with Gasteiger partial charge in [-0.15, -0.1) is 0 Å². The lowest BCUT2D eigenvalue weighted by Crippen LogP contribution is -2.07. The summed E-state index contributed by atoms with van der Waals surface area (Å²) in [6, 6.07) is 9.79. The van der Waals surface area contributed by atoms with Crippen LogP contribution in [-0.4, -0.2) is 22.4 Å². The molecule has 2 aromatic rings. The van der Waals surface area contributed by atoms with Gasteiger partial charge in [0.05, 0.1) is 5.56 Å². The minimum Gasteiger partial charge on any atom is -0.507 e. The fraction of sp³-hybridized carbons (Fsp3) is 0.312. The van der Waals surface area contributed by atoms with Crippen molar-refractivity contribution >= 4 is 27.5 Å². The van der Waals surface area contributed by atoms with Gasteiger partial charge in [0.25, 0.3) is 0 Å². The fourth-order valence-corrected chi connectivity index (χ4v) is 5.23. The first kappa shape index (κ1) is 12.5. The molecule has 98 valence electrons. The van der Waals surface area contributed by atoms with Gasteiger partial charge < -0.3 is 5.11 Å². The van der Waals surface area contributed by atoms with E-state index in [1.165, 1.54) is 36.2 Å². The number of hydrogen-bond acceptors (Lipinski definition) is 2. The van der Waals surface area contributed by atoms with E-state index in [0.29, 0.717) is 5.56 Å². The third kappa shape index (κ3) is 2.12. The van der Waals surface area contributed by atoms with Gasteiger partial charge in [-0.3, -0.25) is 4.79 Å². The van der Waals surface area contributed by atoms with Crippen molar-refractivity contribution < 1.29 is 9.90 Å². The number of ketones is 1. The predicted molar refractivity (Wildman–Crippen MR) is 80.2 cm³/mol. The molecule has 1 aliphatic rings. The molecule has 0 atom stereocenters. The van der Waals surface area contributed by atoms with Gasteiger partial charge in [-0.1, -0.05) is 18.2 Å². The summed E-state index contributed by atoms with van der Waals surface area (Å²) in [6.45, 7) is 1.52. The van der Waals surface area contributed by atoms with Gasteiger partial charge >= 0.3 is 0 Å². The molecule has 3 heteroatoms. The molecule has 0 saturated carbocycles. The van der Waals surface area contributed by atoms with E-state index >= 15 is 0 Å².